The van der Waals surface area contributed by atoms with Gasteiger partial charge in [0.1, 0.15) is 0 Å². The van der Waals surface area contributed by atoms with Crippen molar-refractivity contribution in [1.29, 1.82) is 0 Å². The molecule has 0 aromatic rings. The lowest BCUT2D eigenvalue weighted by atomic mass is 10.0. The summed E-state index contributed by atoms with van der Waals surface area (Å²) in [5.74, 6) is -1.50. The summed E-state index contributed by atoms with van der Waals surface area (Å²) in [5, 5.41) is 17.9. The fourth-order valence-corrected chi connectivity index (χ4v) is 3.15. The first kappa shape index (κ1) is 24.7. The Balaban J connectivity index is 3.64. The number of carbonyl (C=O) groups is 2. The van der Waals surface area contributed by atoms with Gasteiger partial charge in [0, 0.05) is 12.0 Å². The topological polar surface area (TPSA) is 74.6 Å². The van der Waals surface area contributed by atoms with Crippen molar-refractivity contribution in [3.63, 3.8) is 0 Å². The molecule has 0 unspecified atom stereocenters. The number of aliphatic carboxylic acids is 2. The van der Waals surface area contributed by atoms with Gasteiger partial charge in [-0.15, -0.1) is 0 Å². The summed E-state index contributed by atoms with van der Waals surface area (Å²) >= 11 is 0. The van der Waals surface area contributed by atoms with E-state index in [4.69, 9.17) is 5.11 Å². The van der Waals surface area contributed by atoms with Crippen molar-refractivity contribution in [3.05, 3.63) is 11.6 Å². The van der Waals surface area contributed by atoms with Crippen molar-refractivity contribution in [2.45, 2.75) is 116 Å². The van der Waals surface area contributed by atoms with Crippen molar-refractivity contribution in [2.24, 2.45) is 0 Å². The summed E-state index contributed by atoms with van der Waals surface area (Å²) < 4.78 is 0. The maximum Gasteiger partial charge on any atom is 0.331 e. The average Bonchev–Trinajstić information content (AvgIpc) is 2.60. The Morgan fingerprint density at radius 2 is 1.12 bits per heavy atom. The summed E-state index contributed by atoms with van der Waals surface area (Å²) in [6.07, 6.45) is 19.6. The normalized spacial score (nSPS) is 11.7. The summed E-state index contributed by atoms with van der Waals surface area (Å²) in [6.45, 7) is 2.23. The van der Waals surface area contributed by atoms with Crippen molar-refractivity contribution in [3.8, 4) is 0 Å². The molecule has 0 atom stereocenters. The highest BCUT2D eigenvalue weighted by Gasteiger charge is 2.06. The standard InChI is InChI=1S/C22H40O4/c1-2-3-4-5-6-7-8-11-14-17-20(22(25)26)18-15-12-9-10-13-16-19-21(23)24/h17H,2-16,18-19H2,1H3,(H,23,24)(H,25,26). The first-order valence-corrected chi connectivity index (χ1v) is 10.7. The molecule has 0 aliphatic carbocycles. The Labute approximate surface area is 160 Å². The molecule has 0 aromatic carbocycles. The predicted molar refractivity (Wildman–Crippen MR) is 108 cm³/mol. The van der Waals surface area contributed by atoms with Crippen LogP contribution >= 0.6 is 0 Å². The van der Waals surface area contributed by atoms with Gasteiger partial charge in [-0.05, 0) is 32.1 Å². The van der Waals surface area contributed by atoms with E-state index >= 15 is 0 Å². The first-order valence-electron chi connectivity index (χ1n) is 10.7. The molecule has 0 fully saturated rings. The van der Waals surface area contributed by atoms with Crippen LogP contribution in [0, 0.1) is 0 Å². The lowest BCUT2D eigenvalue weighted by Crippen LogP contribution is -2.01. The quantitative estimate of drug-likeness (QED) is 0.196. The minimum atomic E-state index is -0.772. The van der Waals surface area contributed by atoms with Crippen molar-refractivity contribution in [1.82, 2.24) is 0 Å². The SMILES string of the molecule is CCCCCCCCCCC=C(CCCCCCCCC(=O)O)C(=O)O. The Kier molecular flexibility index (Phi) is 17.5. The van der Waals surface area contributed by atoms with Gasteiger partial charge in [-0.1, -0.05) is 83.6 Å². The van der Waals surface area contributed by atoms with Gasteiger partial charge < -0.3 is 10.2 Å². The molecule has 0 bridgehead atoms. The maximum absolute atomic E-state index is 11.3. The van der Waals surface area contributed by atoms with Crippen LogP contribution < -0.4 is 0 Å². The van der Waals surface area contributed by atoms with Crippen molar-refractivity contribution >= 4 is 11.9 Å². The van der Waals surface area contributed by atoms with Gasteiger partial charge in [-0.3, -0.25) is 4.79 Å². The van der Waals surface area contributed by atoms with Crippen LogP contribution in [-0.2, 0) is 9.59 Å². The molecule has 4 nitrogen and oxygen atoms in total. The van der Waals surface area contributed by atoms with Crippen molar-refractivity contribution < 1.29 is 19.8 Å². The van der Waals surface area contributed by atoms with E-state index in [2.05, 4.69) is 6.92 Å². The van der Waals surface area contributed by atoms with Gasteiger partial charge in [0.05, 0.1) is 0 Å². The van der Waals surface area contributed by atoms with Crippen LogP contribution in [-0.4, -0.2) is 22.2 Å². The summed E-state index contributed by atoms with van der Waals surface area (Å²) in [5.41, 5.74) is 0.568. The molecule has 0 spiro atoms. The number of carboxylic acid groups (broad SMARTS) is 2. The molecule has 0 rings (SSSR count). The monoisotopic (exact) mass is 368 g/mol. The van der Waals surface area contributed by atoms with Gasteiger partial charge in [0.25, 0.3) is 0 Å². The third kappa shape index (κ3) is 17.5. The first-order chi connectivity index (χ1) is 12.6. The Bertz CT molecular complexity index is 388. The van der Waals surface area contributed by atoms with Crippen LogP contribution in [0.15, 0.2) is 11.6 Å². The second-order valence-corrected chi connectivity index (χ2v) is 7.31. The lowest BCUT2D eigenvalue weighted by molar-refractivity contribution is -0.137. The summed E-state index contributed by atoms with van der Waals surface area (Å²) in [7, 11) is 0. The molecule has 0 saturated carbocycles. The van der Waals surface area contributed by atoms with E-state index in [-0.39, 0.29) is 6.42 Å². The smallest absolute Gasteiger partial charge is 0.331 e. The number of allylic oxidation sites excluding steroid dienone is 1. The summed E-state index contributed by atoms with van der Waals surface area (Å²) in [4.78, 5) is 21.7. The van der Waals surface area contributed by atoms with Gasteiger partial charge >= 0.3 is 11.9 Å². The second kappa shape index (κ2) is 18.5. The van der Waals surface area contributed by atoms with Crippen LogP contribution in [0.4, 0.5) is 0 Å². The molecular weight excluding hydrogens is 328 g/mol. The Morgan fingerprint density at radius 3 is 1.62 bits per heavy atom. The molecule has 0 saturated heterocycles. The number of hydrogen-bond donors (Lipinski definition) is 2. The zero-order valence-corrected chi connectivity index (χ0v) is 16.8. The number of hydrogen-bond acceptors (Lipinski definition) is 2. The van der Waals surface area contributed by atoms with Crippen LogP contribution in [0.2, 0.25) is 0 Å². The van der Waals surface area contributed by atoms with Crippen LogP contribution in [0.3, 0.4) is 0 Å². The molecule has 0 aromatic heterocycles. The third-order valence-electron chi connectivity index (χ3n) is 4.81. The maximum atomic E-state index is 11.3. The lowest BCUT2D eigenvalue weighted by Gasteiger charge is -2.04. The highest BCUT2D eigenvalue weighted by atomic mass is 16.4. The molecule has 26 heavy (non-hydrogen) atoms. The Hall–Kier alpha value is -1.32. The molecule has 0 amide bonds. The second-order valence-electron chi connectivity index (χ2n) is 7.31. The van der Waals surface area contributed by atoms with Crippen molar-refractivity contribution in [2.75, 3.05) is 0 Å². The van der Waals surface area contributed by atoms with E-state index in [0.29, 0.717) is 12.0 Å². The van der Waals surface area contributed by atoms with Gasteiger partial charge in [-0.2, -0.15) is 0 Å². The molecule has 0 radical (unpaired) electrons. The largest absolute Gasteiger partial charge is 0.481 e. The molecule has 0 heterocycles. The van der Waals surface area contributed by atoms with E-state index in [1.54, 1.807) is 0 Å². The number of unbranched alkanes of at least 4 members (excludes halogenated alkanes) is 13. The molecule has 0 aliphatic heterocycles. The highest BCUT2D eigenvalue weighted by molar-refractivity contribution is 5.86. The Morgan fingerprint density at radius 1 is 0.654 bits per heavy atom. The van der Waals surface area contributed by atoms with Gasteiger partial charge in [0.15, 0.2) is 0 Å². The zero-order chi connectivity index (χ0) is 19.5. The summed E-state index contributed by atoms with van der Waals surface area (Å²) in [6, 6.07) is 0. The minimum Gasteiger partial charge on any atom is -0.481 e. The van der Waals surface area contributed by atoms with Gasteiger partial charge in [0.2, 0.25) is 0 Å². The molecule has 152 valence electrons. The minimum absolute atomic E-state index is 0.255. The predicted octanol–water partition coefficient (Wildman–Crippen LogP) is 6.73. The molecular formula is C22H40O4. The molecule has 4 heteroatoms. The van der Waals surface area contributed by atoms with E-state index in [1.807, 2.05) is 6.08 Å². The third-order valence-corrected chi connectivity index (χ3v) is 4.81. The van der Waals surface area contributed by atoms with Gasteiger partial charge in [-0.25, -0.2) is 4.79 Å². The fourth-order valence-electron chi connectivity index (χ4n) is 3.15. The van der Waals surface area contributed by atoms with Crippen LogP contribution in [0.1, 0.15) is 116 Å². The van der Waals surface area contributed by atoms with E-state index < -0.39 is 11.9 Å². The number of carboxylic acids is 2. The van der Waals surface area contributed by atoms with E-state index in [9.17, 15) is 14.7 Å². The highest BCUT2D eigenvalue weighted by Crippen LogP contribution is 2.15. The van der Waals surface area contributed by atoms with Crippen LogP contribution in [0.25, 0.3) is 0 Å². The average molecular weight is 369 g/mol. The molecule has 2 N–H and O–H groups in total. The zero-order valence-electron chi connectivity index (χ0n) is 16.8. The van der Waals surface area contributed by atoms with Crippen LogP contribution in [0.5, 0.6) is 0 Å². The number of rotatable bonds is 19. The fraction of sp³-hybridized carbons (Fsp3) is 0.818. The van der Waals surface area contributed by atoms with E-state index in [0.717, 1.165) is 51.4 Å². The molecule has 0 aliphatic rings. The van der Waals surface area contributed by atoms with E-state index in [1.165, 1.54) is 44.9 Å².